The number of para-hydroxylation sites is 1. The van der Waals surface area contributed by atoms with Crippen LogP contribution in [0.4, 0.5) is 11.8 Å². The number of nitrogens with zero attached hydrogens (tertiary/aromatic N) is 3. The molecule has 47 heavy (non-hydrogen) atoms. The predicted octanol–water partition coefficient (Wildman–Crippen LogP) is 9.14. The molecule has 8 heteroatoms. The predicted molar refractivity (Wildman–Crippen MR) is 200 cm³/mol. The van der Waals surface area contributed by atoms with Crippen molar-refractivity contribution in [1.82, 2.24) is 15.3 Å². The number of hydrogen-bond acceptors (Lipinski definition) is 7. The maximum absolute atomic E-state index is 11.4. The maximum Gasteiger partial charge on any atom is 0.225 e. The highest BCUT2D eigenvalue weighted by molar-refractivity contribution is 7.99. The Morgan fingerprint density at radius 1 is 0.851 bits per heavy atom. The van der Waals surface area contributed by atoms with Gasteiger partial charge in [-0.25, -0.2) is 4.98 Å². The number of hydrogen-bond donors (Lipinski definition) is 3. The summed E-state index contributed by atoms with van der Waals surface area (Å²) in [7, 11) is 4.06. The molecule has 6 nitrogen and oxygen atoms in total. The summed E-state index contributed by atoms with van der Waals surface area (Å²) < 4.78 is 0. The van der Waals surface area contributed by atoms with Gasteiger partial charge in [-0.05, 0) is 91.8 Å². The number of rotatable bonds is 13. The Morgan fingerprint density at radius 3 is 2.28 bits per heavy atom. The molecule has 2 aliphatic rings. The van der Waals surface area contributed by atoms with Crippen molar-refractivity contribution in [3.05, 3.63) is 94.5 Å². The Labute approximate surface area is 290 Å². The topological polar surface area (TPSA) is 73.3 Å². The third-order valence-electron chi connectivity index (χ3n) is 9.98. The van der Waals surface area contributed by atoms with E-state index in [1.165, 1.54) is 43.2 Å². The van der Waals surface area contributed by atoms with Crippen LogP contribution in [-0.4, -0.2) is 53.0 Å². The van der Waals surface area contributed by atoms with Crippen LogP contribution in [0.3, 0.4) is 0 Å². The Kier molecular flexibility index (Phi) is 12.0. The molecular formula is C39H50ClN5OS. The molecule has 0 amide bonds. The zero-order valence-electron chi connectivity index (χ0n) is 27.9. The molecule has 0 aliphatic heterocycles. The normalized spacial score (nSPS) is 20.2. The van der Waals surface area contributed by atoms with Crippen LogP contribution in [0.2, 0.25) is 5.02 Å². The first-order chi connectivity index (χ1) is 22.9. The lowest BCUT2D eigenvalue weighted by Crippen LogP contribution is -2.40. The lowest BCUT2D eigenvalue weighted by atomic mass is 9.83. The minimum atomic E-state index is -0.478. The highest BCUT2D eigenvalue weighted by Gasteiger charge is 2.24. The van der Waals surface area contributed by atoms with Gasteiger partial charge in [-0.15, -0.1) is 0 Å². The van der Waals surface area contributed by atoms with E-state index in [4.69, 9.17) is 21.6 Å². The van der Waals surface area contributed by atoms with Gasteiger partial charge < -0.3 is 20.6 Å². The van der Waals surface area contributed by atoms with Gasteiger partial charge in [0.1, 0.15) is 5.82 Å². The molecular weight excluding hydrogens is 622 g/mol. The lowest BCUT2D eigenvalue weighted by molar-refractivity contribution is 0.165. The Hall–Kier alpha value is -2.84. The van der Waals surface area contributed by atoms with Gasteiger partial charge in [-0.3, -0.25) is 0 Å². The average Bonchev–Trinajstić information content (AvgIpc) is 3.10. The Morgan fingerprint density at radius 2 is 1.55 bits per heavy atom. The third-order valence-corrected chi connectivity index (χ3v) is 11.6. The van der Waals surface area contributed by atoms with E-state index in [2.05, 4.69) is 64.1 Å². The number of nitrogens with one attached hydrogen (secondary N) is 2. The van der Waals surface area contributed by atoms with Crippen molar-refractivity contribution in [2.24, 2.45) is 0 Å². The van der Waals surface area contributed by atoms with Gasteiger partial charge >= 0.3 is 0 Å². The van der Waals surface area contributed by atoms with Crippen molar-refractivity contribution in [2.75, 3.05) is 30.9 Å². The van der Waals surface area contributed by atoms with E-state index in [0.29, 0.717) is 23.9 Å². The van der Waals surface area contributed by atoms with Crippen molar-refractivity contribution >= 4 is 46.0 Å². The first-order valence-electron chi connectivity index (χ1n) is 17.5. The van der Waals surface area contributed by atoms with E-state index in [1.54, 1.807) is 0 Å². The standard InChI is InChI=1S/C39H50ClN5OS/c1-45(2)38-35-10-6-7-11-36(35)43-39(44-38)42-33-22-20-32(21-23-33)41-25-34(47-26-27-12-18-31(40)19-13-27)24-37(46)30-16-14-29(15-17-30)28-8-4-3-5-9-28/h6-7,10-19,28,32-34,37,41,46H,3-5,8-9,20-26H2,1-2H3,(H,42,43,44). The second-order valence-electron chi connectivity index (χ2n) is 13.7. The van der Waals surface area contributed by atoms with Crippen molar-refractivity contribution in [3.63, 3.8) is 0 Å². The smallest absolute Gasteiger partial charge is 0.225 e. The number of anilines is 2. The fraction of sp³-hybridized carbons (Fsp3) is 0.487. The van der Waals surface area contributed by atoms with Crippen molar-refractivity contribution in [1.29, 1.82) is 0 Å². The summed E-state index contributed by atoms with van der Waals surface area (Å²) >= 11 is 8.07. The van der Waals surface area contributed by atoms with Crippen LogP contribution in [0.5, 0.6) is 0 Å². The van der Waals surface area contributed by atoms with Crippen LogP contribution in [-0.2, 0) is 5.75 Å². The second-order valence-corrected chi connectivity index (χ2v) is 15.4. The molecule has 2 aliphatic carbocycles. The van der Waals surface area contributed by atoms with Crippen molar-refractivity contribution < 1.29 is 5.11 Å². The molecule has 6 rings (SSSR count). The molecule has 1 heterocycles. The number of aliphatic hydroxyl groups is 1. The first-order valence-corrected chi connectivity index (χ1v) is 18.9. The number of fused-ring (bicyclic) bond motifs is 1. The Balaban J connectivity index is 1.04. The van der Waals surface area contributed by atoms with Crippen LogP contribution < -0.4 is 15.5 Å². The molecule has 0 spiro atoms. The number of benzene rings is 3. The van der Waals surface area contributed by atoms with E-state index in [0.717, 1.165) is 71.7 Å². The molecule has 4 aromatic rings. The summed E-state index contributed by atoms with van der Waals surface area (Å²) in [6.45, 7) is 0.873. The summed E-state index contributed by atoms with van der Waals surface area (Å²) in [5, 5.41) is 21.0. The van der Waals surface area contributed by atoms with E-state index in [-0.39, 0.29) is 5.25 Å². The molecule has 2 saturated carbocycles. The van der Waals surface area contributed by atoms with Gasteiger partial charge in [-0.1, -0.05) is 79.4 Å². The van der Waals surface area contributed by atoms with E-state index >= 15 is 0 Å². The number of aliphatic hydroxyl groups excluding tert-OH is 1. The van der Waals surface area contributed by atoms with E-state index < -0.39 is 6.10 Å². The summed E-state index contributed by atoms with van der Waals surface area (Å²) in [5.41, 5.74) is 4.69. The largest absolute Gasteiger partial charge is 0.388 e. The lowest BCUT2D eigenvalue weighted by Gasteiger charge is -2.31. The zero-order valence-corrected chi connectivity index (χ0v) is 29.4. The molecule has 0 saturated heterocycles. The molecule has 2 fully saturated rings. The van der Waals surface area contributed by atoms with Gasteiger partial charge in [0.05, 0.1) is 11.6 Å². The van der Waals surface area contributed by atoms with Crippen molar-refractivity contribution in [3.8, 4) is 0 Å². The Bertz CT molecular complexity index is 1550. The molecule has 2 atom stereocenters. The quantitative estimate of drug-likeness (QED) is 0.131. The van der Waals surface area contributed by atoms with Gasteiger partial charge in [0.25, 0.3) is 0 Å². The molecule has 250 valence electrons. The summed E-state index contributed by atoms with van der Waals surface area (Å²) in [5.74, 6) is 3.23. The monoisotopic (exact) mass is 671 g/mol. The first kappa shape index (κ1) is 34.0. The van der Waals surface area contributed by atoms with Crippen molar-refractivity contribution in [2.45, 2.75) is 99.3 Å². The summed E-state index contributed by atoms with van der Waals surface area (Å²) in [6.07, 6.45) is 11.2. The SMILES string of the molecule is CN(C)c1nc(NC2CCC(NCC(CC(O)c3ccc(C4CCCCC4)cc3)SCc3ccc(Cl)cc3)CC2)nc2ccccc12. The molecule has 3 aromatic carbocycles. The molecule has 3 N–H and O–H groups in total. The van der Waals surface area contributed by atoms with Gasteiger partial charge in [0.2, 0.25) is 5.95 Å². The van der Waals surface area contributed by atoms with E-state index in [1.807, 2.05) is 50.1 Å². The highest BCUT2D eigenvalue weighted by Crippen LogP contribution is 2.34. The zero-order chi connectivity index (χ0) is 32.6. The number of thioether (sulfide) groups is 1. The third kappa shape index (κ3) is 9.41. The van der Waals surface area contributed by atoms with Crippen LogP contribution in [0.15, 0.2) is 72.8 Å². The molecule has 0 radical (unpaired) electrons. The summed E-state index contributed by atoms with van der Waals surface area (Å²) in [6, 6.07) is 26.0. The molecule has 0 bridgehead atoms. The minimum Gasteiger partial charge on any atom is -0.388 e. The minimum absolute atomic E-state index is 0.282. The van der Waals surface area contributed by atoms with Gasteiger partial charge in [0, 0.05) is 54.1 Å². The van der Waals surface area contributed by atoms with Crippen LogP contribution in [0, 0.1) is 0 Å². The fourth-order valence-electron chi connectivity index (χ4n) is 7.20. The fourth-order valence-corrected chi connectivity index (χ4v) is 8.48. The number of halogens is 1. The average molecular weight is 672 g/mol. The highest BCUT2D eigenvalue weighted by atomic mass is 35.5. The molecule has 1 aromatic heterocycles. The van der Waals surface area contributed by atoms with Gasteiger partial charge in [-0.2, -0.15) is 16.7 Å². The van der Waals surface area contributed by atoms with Crippen LogP contribution >= 0.6 is 23.4 Å². The van der Waals surface area contributed by atoms with E-state index in [9.17, 15) is 5.11 Å². The number of aromatic nitrogens is 2. The molecule has 2 unspecified atom stereocenters. The maximum atomic E-state index is 11.4. The second kappa shape index (κ2) is 16.5. The summed E-state index contributed by atoms with van der Waals surface area (Å²) in [4.78, 5) is 11.7. The van der Waals surface area contributed by atoms with Gasteiger partial charge in [0.15, 0.2) is 0 Å². The van der Waals surface area contributed by atoms with Crippen LogP contribution in [0.1, 0.15) is 92.9 Å². The van der Waals surface area contributed by atoms with Crippen LogP contribution in [0.25, 0.3) is 10.9 Å².